The summed E-state index contributed by atoms with van der Waals surface area (Å²) in [4.78, 5) is 19.1. The molecule has 16 heavy (non-hydrogen) atoms. The van der Waals surface area contributed by atoms with E-state index in [1.54, 1.807) is 6.92 Å². The second-order valence-electron chi connectivity index (χ2n) is 4.00. The zero-order valence-corrected chi connectivity index (χ0v) is 9.69. The molecule has 0 radical (unpaired) electrons. The predicted octanol–water partition coefficient (Wildman–Crippen LogP) is 0.289. The van der Waals surface area contributed by atoms with Crippen molar-refractivity contribution in [2.45, 2.75) is 26.8 Å². The summed E-state index contributed by atoms with van der Waals surface area (Å²) in [6.07, 6.45) is 1.35. The zero-order valence-electron chi connectivity index (χ0n) is 9.69. The van der Waals surface area contributed by atoms with Crippen molar-refractivity contribution in [1.29, 1.82) is 0 Å². The number of amides is 1. The third kappa shape index (κ3) is 2.59. The molecule has 1 rings (SSSR count). The lowest BCUT2D eigenvalue weighted by Crippen LogP contribution is -2.40. The number of nitrogen functional groups attached to an aromatic ring is 1. The van der Waals surface area contributed by atoms with Gasteiger partial charge in [-0.15, -0.1) is 0 Å². The van der Waals surface area contributed by atoms with Gasteiger partial charge in [-0.05, 0) is 12.8 Å². The van der Waals surface area contributed by atoms with Crippen LogP contribution in [0.4, 0.5) is 11.6 Å². The Morgan fingerprint density at radius 3 is 2.56 bits per heavy atom. The molecule has 0 aromatic carbocycles. The number of nitrogens with one attached hydrogen (secondary N) is 1. The molecule has 0 bridgehead atoms. The van der Waals surface area contributed by atoms with Gasteiger partial charge < -0.3 is 16.8 Å². The molecule has 0 spiro atoms. The van der Waals surface area contributed by atoms with Crippen molar-refractivity contribution < 1.29 is 4.79 Å². The molecule has 0 aliphatic carbocycles. The lowest BCUT2D eigenvalue weighted by atomic mass is 10.0. The second kappa shape index (κ2) is 4.78. The van der Waals surface area contributed by atoms with Crippen LogP contribution in [-0.4, -0.2) is 21.9 Å². The third-order valence-corrected chi connectivity index (χ3v) is 2.39. The summed E-state index contributed by atoms with van der Waals surface area (Å²) in [6.45, 7) is 5.60. The number of anilines is 2. The Balaban J connectivity index is 2.94. The minimum Gasteiger partial charge on any atom is -0.383 e. The summed E-state index contributed by atoms with van der Waals surface area (Å²) >= 11 is 0. The van der Waals surface area contributed by atoms with Crippen LogP contribution in [0.1, 0.15) is 19.4 Å². The number of carbonyl (C=O) groups is 1. The summed E-state index contributed by atoms with van der Waals surface area (Å²) in [7, 11) is 0. The van der Waals surface area contributed by atoms with E-state index in [2.05, 4.69) is 15.3 Å². The zero-order chi connectivity index (χ0) is 12.3. The van der Waals surface area contributed by atoms with Crippen molar-refractivity contribution in [3.8, 4) is 0 Å². The van der Waals surface area contributed by atoms with E-state index >= 15 is 0 Å². The minimum absolute atomic E-state index is 0.0769. The fourth-order valence-electron chi connectivity index (χ4n) is 1.32. The Labute approximate surface area is 94.5 Å². The van der Waals surface area contributed by atoms with Gasteiger partial charge in [-0.2, -0.15) is 0 Å². The number of aromatic nitrogens is 2. The molecule has 0 aliphatic rings. The van der Waals surface area contributed by atoms with Gasteiger partial charge in [-0.1, -0.05) is 13.8 Å². The maximum absolute atomic E-state index is 11.2. The van der Waals surface area contributed by atoms with E-state index in [0.29, 0.717) is 11.6 Å². The van der Waals surface area contributed by atoms with Gasteiger partial charge in [0.25, 0.3) is 0 Å². The van der Waals surface area contributed by atoms with E-state index in [1.807, 2.05) is 13.8 Å². The highest BCUT2D eigenvalue weighted by molar-refractivity contribution is 5.83. The third-order valence-electron chi connectivity index (χ3n) is 2.39. The summed E-state index contributed by atoms with van der Waals surface area (Å²) in [5, 5.41) is 2.98. The van der Waals surface area contributed by atoms with Crippen LogP contribution < -0.4 is 16.8 Å². The van der Waals surface area contributed by atoms with Gasteiger partial charge in [0, 0.05) is 5.56 Å². The Morgan fingerprint density at radius 2 is 2.06 bits per heavy atom. The molecular weight excluding hydrogens is 206 g/mol. The van der Waals surface area contributed by atoms with Crippen molar-refractivity contribution in [3.05, 3.63) is 11.9 Å². The van der Waals surface area contributed by atoms with E-state index in [0.717, 1.165) is 5.56 Å². The lowest BCUT2D eigenvalue weighted by Gasteiger charge is -2.20. The average Bonchev–Trinajstić information content (AvgIpc) is 2.19. The molecule has 1 unspecified atom stereocenters. The number of primary amides is 1. The van der Waals surface area contributed by atoms with E-state index in [4.69, 9.17) is 11.5 Å². The van der Waals surface area contributed by atoms with Gasteiger partial charge >= 0.3 is 0 Å². The molecule has 6 nitrogen and oxygen atoms in total. The largest absolute Gasteiger partial charge is 0.383 e. The first-order valence-electron chi connectivity index (χ1n) is 5.06. The molecule has 0 fully saturated rings. The minimum atomic E-state index is -0.465. The van der Waals surface area contributed by atoms with Crippen molar-refractivity contribution in [2.24, 2.45) is 11.7 Å². The molecule has 1 heterocycles. The highest BCUT2D eigenvalue weighted by atomic mass is 16.1. The predicted molar refractivity (Wildman–Crippen MR) is 62.6 cm³/mol. The van der Waals surface area contributed by atoms with Crippen LogP contribution in [0.25, 0.3) is 0 Å². The van der Waals surface area contributed by atoms with Crippen LogP contribution in [0.3, 0.4) is 0 Å². The van der Waals surface area contributed by atoms with Crippen molar-refractivity contribution >= 4 is 17.5 Å². The Kier molecular flexibility index (Phi) is 3.65. The van der Waals surface area contributed by atoms with E-state index in [-0.39, 0.29) is 5.92 Å². The standard InChI is InChI=1S/C10H17N5O/c1-5(2)7(9(12)16)15-10-6(3)8(11)13-4-14-10/h4-5,7H,1-3H3,(H2,12,16)(H3,11,13,14,15). The number of rotatable bonds is 4. The van der Waals surface area contributed by atoms with Crippen LogP contribution in [0.5, 0.6) is 0 Å². The summed E-state index contributed by atoms with van der Waals surface area (Å²) in [5.74, 6) is 0.606. The number of hydrogen-bond donors (Lipinski definition) is 3. The Hall–Kier alpha value is -1.85. The van der Waals surface area contributed by atoms with Crippen LogP contribution >= 0.6 is 0 Å². The first kappa shape index (κ1) is 12.2. The summed E-state index contributed by atoms with van der Waals surface area (Å²) in [6, 6.07) is -0.465. The first-order valence-corrected chi connectivity index (χ1v) is 5.06. The van der Waals surface area contributed by atoms with E-state index in [9.17, 15) is 4.79 Å². The van der Waals surface area contributed by atoms with Crippen molar-refractivity contribution in [1.82, 2.24) is 9.97 Å². The number of nitrogens with two attached hydrogens (primary N) is 2. The molecule has 6 heteroatoms. The normalized spacial score (nSPS) is 12.5. The van der Waals surface area contributed by atoms with Gasteiger partial charge in [0.2, 0.25) is 5.91 Å². The molecule has 1 aromatic rings. The van der Waals surface area contributed by atoms with Gasteiger partial charge in [0.05, 0.1) is 0 Å². The van der Waals surface area contributed by atoms with Crippen molar-refractivity contribution in [3.63, 3.8) is 0 Å². The highest BCUT2D eigenvalue weighted by Crippen LogP contribution is 2.17. The van der Waals surface area contributed by atoms with Gasteiger partial charge in [0.15, 0.2) is 0 Å². The molecule has 0 aliphatic heterocycles. The maximum atomic E-state index is 11.2. The average molecular weight is 223 g/mol. The second-order valence-corrected chi connectivity index (χ2v) is 4.00. The fourth-order valence-corrected chi connectivity index (χ4v) is 1.32. The van der Waals surface area contributed by atoms with Gasteiger partial charge in [0.1, 0.15) is 24.0 Å². The SMILES string of the molecule is Cc1c(N)ncnc1NC(C(N)=O)C(C)C. The quantitative estimate of drug-likeness (QED) is 0.680. The number of nitrogens with zero attached hydrogens (tertiary/aromatic N) is 2. The number of carbonyl (C=O) groups excluding carboxylic acids is 1. The maximum Gasteiger partial charge on any atom is 0.240 e. The molecule has 1 atom stereocenters. The fraction of sp³-hybridized carbons (Fsp3) is 0.500. The van der Waals surface area contributed by atoms with Crippen LogP contribution in [0, 0.1) is 12.8 Å². The molecule has 0 saturated heterocycles. The summed E-state index contributed by atoms with van der Waals surface area (Å²) in [5.41, 5.74) is 11.7. The first-order chi connectivity index (χ1) is 7.43. The smallest absolute Gasteiger partial charge is 0.240 e. The van der Waals surface area contributed by atoms with Crippen LogP contribution in [0.2, 0.25) is 0 Å². The molecular formula is C10H17N5O. The van der Waals surface area contributed by atoms with Crippen LogP contribution in [-0.2, 0) is 4.79 Å². The monoisotopic (exact) mass is 223 g/mol. The molecule has 0 saturated carbocycles. The van der Waals surface area contributed by atoms with Gasteiger partial charge in [-0.25, -0.2) is 9.97 Å². The van der Waals surface area contributed by atoms with Crippen molar-refractivity contribution in [2.75, 3.05) is 11.1 Å². The molecule has 1 aromatic heterocycles. The molecule has 88 valence electrons. The number of hydrogen-bond acceptors (Lipinski definition) is 5. The van der Waals surface area contributed by atoms with Gasteiger partial charge in [-0.3, -0.25) is 4.79 Å². The Morgan fingerprint density at radius 1 is 1.44 bits per heavy atom. The van der Waals surface area contributed by atoms with E-state index < -0.39 is 11.9 Å². The van der Waals surface area contributed by atoms with E-state index in [1.165, 1.54) is 6.33 Å². The molecule has 1 amide bonds. The molecule has 5 N–H and O–H groups in total. The topological polar surface area (TPSA) is 107 Å². The summed E-state index contributed by atoms with van der Waals surface area (Å²) < 4.78 is 0. The Bertz CT molecular complexity index is 391. The van der Waals surface area contributed by atoms with Crippen LogP contribution in [0.15, 0.2) is 6.33 Å². The highest BCUT2D eigenvalue weighted by Gasteiger charge is 2.20. The lowest BCUT2D eigenvalue weighted by molar-refractivity contribution is -0.119.